The van der Waals surface area contributed by atoms with Crippen LogP contribution in [-0.4, -0.2) is 12.4 Å². The molecule has 0 saturated heterocycles. The van der Waals surface area contributed by atoms with Crippen molar-refractivity contribution in [1.82, 2.24) is 0 Å². The van der Waals surface area contributed by atoms with Crippen molar-refractivity contribution in [3.8, 4) is 5.75 Å². The van der Waals surface area contributed by atoms with Crippen LogP contribution >= 0.6 is 15.9 Å². The molecular weight excluding hydrogens is 283 g/mol. The number of benzene rings is 1. The largest absolute Gasteiger partial charge is 0.494 e. The molecule has 0 bridgehead atoms. The maximum Gasteiger partial charge on any atom is 0.168 e. The molecule has 1 aromatic carbocycles. The van der Waals surface area contributed by atoms with Crippen LogP contribution in [0.4, 0.5) is 4.39 Å². The third-order valence-corrected chi connectivity index (χ3v) is 4.84. The molecule has 0 fully saturated rings. The molecule has 0 aliphatic heterocycles. The van der Waals surface area contributed by atoms with Crippen molar-refractivity contribution in [2.45, 2.75) is 27.2 Å². The lowest BCUT2D eigenvalue weighted by molar-refractivity contribution is 0.254. The van der Waals surface area contributed by atoms with E-state index in [0.717, 1.165) is 10.9 Å². The molecule has 0 saturated carbocycles. The lowest BCUT2D eigenvalue weighted by Crippen LogP contribution is -2.28. The third-order valence-electron chi connectivity index (χ3n) is 3.56. The van der Waals surface area contributed by atoms with Crippen LogP contribution in [0.15, 0.2) is 18.2 Å². The van der Waals surface area contributed by atoms with Crippen molar-refractivity contribution >= 4 is 15.9 Å². The monoisotopic (exact) mass is 302 g/mol. The number of ether oxygens (including phenoxy) is 1. The van der Waals surface area contributed by atoms with Crippen molar-refractivity contribution in [3.63, 3.8) is 0 Å². The molecule has 96 valence electrons. The Morgan fingerprint density at radius 2 is 2.06 bits per heavy atom. The Kier molecular flexibility index (Phi) is 4.99. The summed E-state index contributed by atoms with van der Waals surface area (Å²) in [5.74, 6) is 0.568. The predicted octanol–water partition coefficient (Wildman–Crippen LogP) is 4.43. The minimum Gasteiger partial charge on any atom is -0.494 e. The first-order chi connectivity index (χ1) is 7.94. The second-order valence-electron chi connectivity index (χ2n) is 5.05. The summed E-state index contributed by atoms with van der Waals surface area (Å²) >= 11 is 3.54. The summed E-state index contributed by atoms with van der Waals surface area (Å²) in [6.07, 6.45) is 0.707. The van der Waals surface area contributed by atoms with Crippen LogP contribution in [0.5, 0.6) is 5.75 Å². The van der Waals surface area contributed by atoms with Crippen LogP contribution in [0.2, 0.25) is 0 Å². The minimum atomic E-state index is -0.233. The molecule has 1 unspecified atom stereocenters. The van der Waals surface area contributed by atoms with Gasteiger partial charge in [-0.15, -0.1) is 0 Å². The Bertz CT molecular complexity index is 378. The fourth-order valence-electron chi connectivity index (χ4n) is 1.69. The van der Waals surface area contributed by atoms with Gasteiger partial charge >= 0.3 is 0 Å². The molecule has 0 aromatic heterocycles. The number of methoxy groups -OCH3 is 1. The van der Waals surface area contributed by atoms with Gasteiger partial charge in [-0.1, -0.05) is 48.8 Å². The van der Waals surface area contributed by atoms with Gasteiger partial charge in [0.25, 0.3) is 0 Å². The van der Waals surface area contributed by atoms with Crippen LogP contribution in [-0.2, 0) is 6.42 Å². The third kappa shape index (κ3) is 3.21. The summed E-state index contributed by atoms with van der Waals surface area (Å²) in [5.41, 5.74) is 0.771. The molecule has 1 rings (SSSR count). The van der Waals surface area contributed by atoms with Gasteiger partial charge in [0.1, 0.15) is 0 Å². The minimum absolute atomic E-state index is 0.0488. The zero-order valence-corrected chi connectivity index (χ0v) is 12.5. The number of hydrogen-bond donors (Lipinski definition) is 0. The van der Waals surface area contributed by atoms with Crippen molar-refractivity contribution in [3.05, 3.63) is 29.6 Å². The van der Waals surface area contributed by atoms with Gasteiger partial charge in [0.15, 0.2) is 11.6 Å². The van der Waals surface area contributed by atoms with Crippen LogP contribution in [0.3, 0.4) is 0 Å². The van der Waals surface area contributed by atoms with E-state index >= 15 is 0 Å². The number of rotatable bonds is 5. The summed E-state index contributed by atoms with van der Waals surface area (Å²) in [5, 5.41) is 0.855. The molecule has 0 spiro atoms. The fourth-order valence-corrected chi connectivity index (χ4v) is 2.54. The summed E-state index contributed by atoms with van der Waals surface area (Å²) in [4.78, 5) is 0. The first-order valence-electron chi connectivity index (χ1n) is 5.82. The lowest BCUT2D eigenvalue weighted by Gasteiger charge is -2.32. The number of hydrogen-bond acceptors (Lipinski definition) is 1. The molecular formula is C14H20BrFO. The Labute approximate surface area is 111 Å². The average Bonchev–Trinajstić information content (AvgIpc) is 2.31. The molecule has 0 aliphatic carbocycles. The van der Waals surface area contributed by atoms with E-state index in [1.54, 1.807) is 6.07 Å². The van der Waals surface area contributed by atoms with Gasteiger partial charge < -0.3 is 4.74 Å². The van der Waals surface area contributed by atoms with E-state index in [0.29, 0.717) is 18.1 Å². The summed E-state index contributed by atoms with van der Waals surface area (Å²) < 4.78 is 19.1. The highest BCUT2D eigenvalue weighted by Gasteiger charge is 2.29. The van der Waals surface area contributed by atoms with Crippen molar-refractivity contribution in [1.29, 1.82) is 0 Å². The van der Waals surface area contributed by atoms with Gasteiger partial charge in [0.05, 0.1) is 7.11 Å². The molecule has 3 heteroatoms. The van der Waals surface area contributed by atoms with Crippen LogP contribution in [0, 0.1) is 17.2 Å². The number of halogens is 2. The maximum absolute atomic E-state index is 14.1. The van der Waals surface area contributed by atoms with Crippen LogP contribution < -0.4 is 4.74 Å². The molecule has 1 aromatic rings. The SMILES string of the molecule is COc1cccc(CC(C)(CBr)C(C)C)c1F. The highest BCUT2D eigenvalue weighted by atomic mass is 79.9. The molecule has 17 heavy (non-hydrogen) atoms. The van der Waals surface area contributed by atoms with E-state index in [1.165, 1.54) is 7.11 Å². The summed E-state index contributed by atoms with van der Waals surface area (Å²) in [7, 11) is 1.49. The lowest BCUT2D eigenvalue weighted by atomic mass is 9.76. The molecule has 0 aliphatic rings. The first kappa shape index (κ1) is 14.5. The highest BCUT2D eigenvalue weighted by molar-refractivity contribution is 9.09. The Balaban J connectivity index is 3.02. The highest BCUT2D eigenvalue weighted by Crippen LogP contribution is 2.35. The topological polar surface area (TPSA) is 9.23 Å². The zero-order chi connectivity index (χ0) is 13.1. The normalized spacial score (nSPS) is 14.8. The second-order valence-corrected chi connectivity index (χ2v) is 5.61. The summed E-state index contributed by atoms with van der Waals surface area (Å²) in [6, 6.07) is 5.33. The molecule has 0 N–H and O–H groups in total. The smallest absolute Gasteiger partial charge is 0.168 e. The molecule has 0 radical (unpaired) electrons. The summed E-state index contributed by atoms with van der Waals surface area (Å²) in [6.45, 7) is 6.50. The average molecular weight is 303 g/mol. The standard InChI is InChI=1S/C14H20BrFO/c1-10(2)14(3,9-15)8-11-6-5-7-12(17-4)13(11)16/h5-7,10H,8-9H2,1-4H3. The van der Waals surface area contributed by atoms with Crippen LogP contribution in [0.25, 0.3) is 0 Å². The van der Waals surface area contributed by atoms with E-state index in [-0.39, 0.29) is 11.2 Å². The van der Waals surface area contributed by atoms with E-state index in [4.69, 9.17) is 4.74 Å². The van der Waals surface area contributed by atoms with E-state index in [9.17, 15) is 4.39 Å². The van der Waals surface area contributed by atoms with E-state index < -0.39 is 0 Å². The van der Waals surface area contributed by atoms with E-state index in [1.807, 2.05) is 12.1 Å². The van der Waals surface area contributed by atoms with Crippen molar-refractivity contribution in [2.75, 3.05) is 12.4 Å². The molecule has 1 nitrogen and oxygen atoms in total. The number of alkyl halides is 1. The van der Waals surface area contributed by atoms with Gasteiger partial charge in [-0.2, -0.15) is 0 Å². The zero-order valence-electron chi connectivity index (χ0n) is 10.9. The second kappa shape index (κ2) is 5.85. The maximum atomic E-state index is 14.1. The Hall–Kier alpha value is -0.570. The molecule has 1 atom stereocenters. The van der Waals surface area contributed by atoms with Gasteiger partial charge in [0.2, 0.25) is 0 Å². The predicted molar refractivity (Wildman–Crippen MR) is 73.4 cm³/mol. The van der Waals surface area contributed by atoms with Gasteiger partial charge in [-0.25, -0.2) is 4.39 Å². The molecule has 0 heterocycles. The van der Waals surface area contributed by atoms with Gasteiger partial charge in [0, 0.05) is 5.33 Å². The van der Waals surface area contributed by atoms with Gasteiger partial charge in [-0.05, 0) is 29.4 Å². The fraction of sp³-hybridized carbons (Fsp3) is 0.571. The van der Waals surface area contributed by atoms with Crippen molar-refractivity contribution in [2.24, 2.45) is 11.3 Å². The van der Waals surface area contributed by atoms with Gasteiger partial charge in [-0.3, -0.25) is 0 Å². The van der Waals surface area contributed by atoms with E-state index in [2.05, 4.69) is 36.7 Å². The van der Waals surface area contributed by atoms with Crippen molar-refractivity contribution < 1.29 is 9.13 Å². The van der Waals surface area contributed by atoms with Crippen LogP contribution in [0.1, 0.15) is 26.3 Å². The first-order valence-corrected chi connectivity index (χ1v) is 6.94. The molecule has 0 amide bonds. The quantitative estimate of drug-likeness (QED) is 0.731. The Morgan fingerprint density at radius 1 is 1.41 bits per heavy atom. The Morgan fingerprint density at radius 3 is 2.53 bits per heavy atom.